The van der Waals surface area contributed by atoms with Gasteiger partial charge in [0, 0.05) is 5.56 Å². The number of alkyl halides is 1. The lowest BCUT2D eigenvalue weighted by Crippen LogP contribution is -2.17. The third-order valence-electron chi connectivity index (χ3n) is 3.38. The molecule has 0 aliphatic carbocycles. The third kappa shape index (κ3) is 4.91. The van der Waals surface area contributed by atoms with E-state index in [0.29, 0.717) is 20.6 Å². The van der Waals surface area contributed by atoms with Crippen LogP contribution in [0.25, 0.3) is 0 Å². The maximum Gasteiger partial charge on any atom is 0.248 e. The lowest BCUT2D eigenvalue weighted by molar-refractivity contribution is -0.116. The summed E-state index contributed by atoms with van der Waals surface area (Å²) < 4.78 is 0.607. The monoisotopic (exact) mass is 403 g/mol. The Morgan fingerprint density at radius 2 is 1.69 bits per heavy atom. The number of anilines is 1. The first-order chi connectivity index (χ1) is 12.6. The van der Waals surface area contributed by atoms with E-state index in [9.17, 15) is 9.59 Å². The van der Waals surface area contributed by atoms with Crippen molar-refractivity contribution in [2.45, 2.75) is 9.72 Å². The van der Waals surface area contributed by atoms with Crippen LogP contribution in [0.15, 0.2) is 65.0 Å². The molecule has 3 aromatic rings. The minimum absolute atomic E-state index is 0.0151. The highest BCUT2D eigenvalue weighted by Gasteiger charge is 2.19. The quantitative estimate of drug-likeness (QED) is 0.273. The summed E-state index contributed by atoms with van der Waals surface area (Å²) in [6.45, 7) is 0. The number of hydrogen-bond donors (Lipinski definition) is 1. The zero-order valence-corrected chi connectivity index (χ0v) is 15.9. The van der Waals surface area contributed by atoms with Crippen LogP contribution in [0.1, 0.15) is 21.3 Å². The number of rotatable bonds is 7. The second-order valence-electron chi connectivity index (χ2n) is 5.21. The van der Waals surface area contributed by atoms with E-state index in [1.54, 1.807) is 24.3 Å². The molecule has 1 atom stereocenters. The molecular formula is C18H14ClN3O2S2. The molecule has 1 N–H and O–H groups in total. The summed E-state index contributed by atoms with van der Waals surface area (Å²) in [4.78, 5) is 24.3. The van der Waals surface area contributed by atoms with Crippen LogP contribution < -0.4 is 5.32 Å². The number of amides is 1. The Morgan fingerprint density at radius 1 is 1.04 bits per heavy atom. The molecule has 0 fully saturated rings. The molecule has 0 unspecified atom stereocenters. The molecule has 5 nitrogen and oxygen atoms in total. The Morgan fingerprint density at radius 3 is 2.38 bits per heavy atom. The molecule has 3 rings (SSSR count). The first-order valence-electron chi connectivity index (χ1n) is 7.68. The maximum absolute atomic E-state index is 12.2. The normalized spacial score (nSPS) is 11.7. The van der Waals surface area contributed by atoms with E-state index in [1.807, 2.05) is 36.4 Å². The Balaban J connectivity index is 1.54. The van der Waals surface area contributed by atoms with Crippen molar-refractivity contribution in [3.05, 3.63) is 71.8 Å². The van der Waals surface area contributed by atoms with Crippen molar-refractivity contribution in [1.29, 1.82) is 0 Å². The average molecular weight is 404 g/mol. The molecule has 8 heteroatoms. The van der Waals surface area contributed by atoms with Gasteiger partial charge in [-0.1, -0.05) is 83.8 Å². The predicted octanol–water partition coefficient (Wildman–Crippen LogP) is 4.43. The van der Waals surface area contributed by atoms with Gasteiger partial charge in [-0.25, -0.2) is 0 Å². The Bertz CT molecular complexity index is 888. The summed E-state index contributed by atoms with van der Waals surface area (Å²) in [6.07, 6.45) is 0. The van der Waals surface area contributed by atoms with Gasteiger partial charge in [-0.2, -0.15) is 0 Å². The smallest absolute Gasteiger partial charge is 0.248 e. The fraction of sp³-hybridized carbons (Fsp3) is 0.111. The molecule has 1 heterocycles. The van der Waals surface area contributed by atoms with Gasteiger partial charge in [-0.05, 0) is 5.56 Å². The number of aromatic nitrogens is 2. The number of carbonyl (C=O) groups is 2. The van der Waals surface area contributed by atoms with Crippen LogP contribution in [0.5, 0.6) is 0 Å². The van der Waals surface area contributed by atoms with E-state index in [1.165, 1.54) is 23.1 Å². The second kappa shape index (κ2) is 8.93. The molecule has 1 amide bonds. The molecule has 2 aromatic carbocycles. The highest BCUT2D eigenvalue weighted by atomic mass is 35.5. The van der Waals surface area contributed by atoms with E-state index in [-0.39, 0.29) is 17.4 Å². The number of halogens is 1. The van der Waals surface area contributed by atoms with Crippen LogP contribution in [-0.4, -0.2) is 27.6 Å². The second-order valence-corrected chi connectivity index (χ2v) is 7.85. The van der Waals surface area contributed by atoms with Gasteiger partial charge in [0.25, 0.3) is 0 Å². The number of thioether (sulfide) groups is 1. The number of Topliss-reactive ketones (excluding diaryl/α,β-unsaturated/α-hetero) is 1. The fourth-order valence-corrected chi connectivity index (χ4v) is 3.94. The molecule has 1 aromatic heterocycles. The molecule has 0 radical (unpaired) electrons. The lowest BCUT2D eigenvalue weighted by atomic mass is 10.1. The molecule has 0 aliphatic rings. The van der Waals surface area contributed by atoms with Crippen LogP contribution in [0, 0.1) is 0 Å². The number of ketones is 1. The van der Waals surface area contributed by atoms with Crippen molar-refractivity contribution in [2.75, 3.05) is 11.1 Å². The number of benzene rings is 2. The van der Waals surface area contributed by atoms with Gasteiger partial charge in [-0.15, -0.1) is 21.8 Å². The van der Waals surface area contributed by atoms with Crippen LogP contribution in [0.2, 0.25) is 0 Å². The minimum atomic E-state index is -0.809. The Labute approximate surface area is 163 Å². The molecule has 0 saturated heterocycles. The number of carbonyl (C=O) groups excluding carboxylic acids is 2. The Hall–Kier alpha value is -2.22. The van der Waals surface area contributed by atoms with Crippen molar-refractivity contribution in [3.8, 4) is 0 Å². The molecular weight excluding hydrogens is 390 g/mol. The number of hydrogen-bond acceptors (Lipinski definition) is 6. The highest BCUT2D eigenvalue weighted by Crippen LogP contribution is 2.28. The molecule has 0 aliphatic heterocycles. The fourth-order valence-electron chi connectivity index (χ4n) is 2.10. The highest BCUT2D eigenvalue weighted by molar-refractivity contribution is 8.01. The first-order valence-corrected chi connectivity index (χ1v) is 9.92. The zero-order chi connectivity index (χ0) is 18.4. The topological polar surface area (TPSA) is 72.0 Å². The van der Waals surface area contributed by atoms with Gasteiger partial charge in [0.05, 0.1) is 5.75 Å². The summed E-state index contributed by atoms with van der Waals surface area (Å²) >= 11 is 8.67. The first kappa shape index (κ1) is 18.6. The number of nitrogens with zero attached hydrogens (tertiary/aromatic N) is 2. The lowest BCUT2D eigenvalue weighted by Gasteiger charge is -2.08. The van der Waals surface area contributed by atoms with Gasteiger partial charge >= 0.3 is 0 Å². The summed E-state index contributed by atoms with van der Waals surface area (Å²) in [5.41, 5.74) is 1.37. The standard InChI is InChI=1S/C18H14ClN3O2S2/c19-15(13-9-5-2-6-10-13)16(24)20-17-21-22-18(26-17)25-11-14(23)12-7-3-1-4-8-12/h1-10,15H,11H2,(H,20,21,24)/t15-/m0/s1. The van der Waals surface area contributed by atoms with Gasteiger partial charge in [0.1, 0.15) is 5.38 Å². The van der Waals surface area contributed by atoms with Crippen molar-refractivity contribution >= 4 is 51.5 Å². The summed E-state index contributed by atoms with van der Waals surface area (Å²) in [5.74, 6) is -0.0958. The van der Waals surface area contributed by atoms with Crippen LogP contribution in [0.3, 0.4) is 0 Å². The van der Waals surface area contributed by atoms with Gasteiger partial charge < -0.3 is 0 Å². The van der Waals surface area contributed by atoms with Crippen molar-refractivity contribution in [1.82, 2.24) is 10.2 Å². The zero-order valence-electron chi connectivity index (χ0n) is 13.5. The van der Waals surface area contributed by atoms with E-state index in [4.69, 9.17) is 11.6 Å². The van der Waals surface area contributed by atoms with Crippen LogP contribution in [0.4, 0.5) is 5.13 Å². The molecule has 0 bridgehead atoms. The SMILES string of the molecule is O=C(CSc1nnc(NC(=O)[C@@H](Cl)c2ccccc2)s1)c1ccccc1. The largest absolute Gasteiger partial charge is 0.299 e. The predicted molar refractivity (Wildman–Crippen MR) is 105 cm³/mol. The third-order valence-corrected chi connectivity index (χ3v) is 5.80. The minimum Gasteiger partial charge on any atom is -0.299 e. The molecule has 0 spiro atoms. The van der Waals surface area contributed by atoms with Gasteiger partial charge in [-0.3, -0.25) is 14.9 Å². The van der Waals surface area contributed by atoms with Crippen LogP contribution in [-0.2, 0) is 4.79 Å². The molecule has 26 heavy (non-hydrogen) atoms. The van der Waals surface area contributed by atoms with Crippen LogP contribution >= 0.6 is 34.7 Å². The summed E-state index contributed by atoms with van der Waals surface area (Å²) in [7, 11) is 0. The van der Waals surface area contributed by atoms with Gasteiger partial charge in [0.2, 0.25) is 11.0 Å². The molecule has 132 valence electrons. The Kier molecular flexibility index (Phi) is 6.38. The van der Waals surface area contributed by atoms with Gasteiger partial charge in [0.15, 0.2) is 10.1 Å². The average Bonchev–Trinajstić information content (AvgIpc) is 3.14. The van der Waals surface area contributed by atoms with E-state index < -0.39 is 5.38 Å². The van der Waals surface area contributed by atoms with E-state index >= 15 is 0 Å². The van der Waals surface area contributed by atoms with Crippen molar-refractivity contribution < 1.29 is 9.59 Å². The van der Waals surface area contributed by atoms with E-state index in [0.717, 1.165) is 0 Å². The molecule has 0 saturated carbocycles. The van der Waals surface area contributed by atoms with Crippen molar-refractivity contribution in [3.63, 3.8) is 0 Å². The van der Waals surface area contributed by atoms with Crippen molar-refractivity contribution in [2.24, 2.45) is 0 Å². The van der Waals surface area contributed by atoms with E-state index in [2.05, 4.69) is 15.5 Å². The summed E-state index contributed by atoms with van der Waals surface area (Å²) in [6, 6.07) is 18.1. The maximum atomic E-state index is 12.2. The number of nitrogens with one attached hydrogen (secondary N) is 1. The summed E-state index contributed by atoms with van der Waals surface area (Å²) in [5, 5.41) is 10.1.